The van der Waals surface area contributed by atoms with Gasteiger partial charge in [-0.1, -0.05) is 60.7 Å². The molecule has 0 radical (unpaired) electrons. The van der Waals surface area contributed by atoms with Crippen molar-refractivity contribution >= 4 is 12.2 Å². The van der Waals surface area contributed by atoms with Gasteiger partial charge in [-0.25, -0.2) is 0 Å². The Bertz CT molecular complexity index is 799. The summed E-state index contributed by atoms with van der Waals surface area (Å²) in [4.78, 5) is 4.08. The topological polar surface area (TPSA) is 42.4 Å². The van der Waals surface area contributed by atoms with Gasteiger partial charge < -0.3 is 9.84 Å². The number of ether oxygens (including phenoxy) is 1. The van der Waals surface area contributed by atoms with Crippen molar-refractivity contribution in [2.75, 3.05) is 6.61 Å². The van der Waals surface area contributed by atoms with Gasteiger partial charge in [-0.2, -0.15) is 0 Å². The van der Waals surface area contributed by atoms with Crippen molar-refractivity contribution in [2.45, 2.75) is 18.9 Å². The molecule has 0 aliphatic rings. The third kappa shape index (κ3) is 5.87. The highest BCUT2D eigenvalue weighted by Crippen LogP contribution is 2.15. The Morgan fingerprint density at radius 1 is 0.885 bits per heavy atom. The molecule has 0 saturated heterocycles. The molecule has 0 spiro atoms. The van der Waals surface area contributed by atoms with Crippen molar-refractivity contribution < 1.29 is 9.84 Å². The molecule has 132 valence electrons. The molecule has 0 saturated carbocycles. The number of hydrogen-bond donors (Lipinski definition) is 1. The van der Waals surface area contributed by atoms with Crippen molar-refractivity contribution in [3.63, 3.8) is 0 Å². The van der Waals surface area contributed by atoms with Crippen LogP contribution in [0, 0.1) is 0 Å². The van der Waals surface area contributed by atoms with Crippen LogP contribution in [0.2, 0.25) is 0 Å². The fourth-order valence-electron chi connectivity index (χ4n) is 2.59. The lowest BCUT2D eigenvalue weighted by Crippen LogP contribution is -2.18. The van der Waals surface area contributed by atoms with Gasteiger partial charge in [0.25, 0.3) is 0 Å². The predicted molar refractivity (Wildman–Crippen MR) is 106 cm³/mol. The Balaban J connectivity index is 1.44. The summed E-state index contributed by atoms with van der Waals surface area (Å²) < 4.78 is 5.68. The van der Waals surface area contributed by atoms with Crippen LogP contribution in [-0.2, 0) is 6.42 Å². The lowest BCUT2D eigenvalue weighted by molar-refractivity contribution is 0.100. The number of aryl methyl sites for hydroxylation is 1. The minimum atomic E-state index is -0.493. The van der Waals surface area contributed by atoms with Crippen LogP contribution in [0.4, 0.5) is 0 Å². The van der Waals surface area contributed by atoms with E-state index in [4.69, 9.17) is 4.74 Å². The first-order chi connectivity index (χ1) is 12.8. The first-order valence-corrected chi connectivity index (χ1v) is 8.82. The largest absolute Gasteiger partial charge is 0.491 e. The zero-order valence-electron chi connectivity index (χ0n) is 14.7. The third-order valence-corrected chi connectivity index (χ3v) is 4.08. The van der Waals surface area contributed by atoms with Gasteiger partial charge in [0.1, 0.15) is 12.4 Å². The van der Waals surface area contributed by atoms with Gasteiger partial charge in [-0.15, -0.1) is 0 Å². The molecule has 0 aliphatic carbocycles. The van der Waals surface area contributed by atoms with Crippen molar-refractivity contribution in [3.8, 4) is 5.75 Å². The summed E-state index contributed by atoms with van der Waals surface area (Å²) >= 11 is 0. The van der Waals surface area contributed by atoms with Crippen molar-refractivity contribution in [1.82, 2.24) is 4.98 Å². The molecule has 1 heterocycles. The predicted octanol–water partition coefficient (Wildman–Crippen LogP) is 4.62. The van der Waals surface area contributed by atoms with Crippen molar-refractivity contribution in [2.24, 2.45) is 0 Å². The Labute approximate surface area is 154 Å². The second kappa shape index (κ2) is 9.54. The standard InChI is InChI=1S/C23H23NO2/c25-22(13-10-21-7-4-16-24-17-21)18-26-23-14-11-20(12-15-23)9-8-19-5-2-1-3-6-19/h1-9,11-12,14-17,22,25H,10,13,18H2. The minimum Gasteiger partial charge on any atom is -0.491 e. The molecule has 1 unspecified atom stereocenters. The Kier molecular flexibility index (Phi) is 6.57. The molecule has 2 aromatic carbocycles. The first kappa shape index (κ1) is 17.9. The van der Waals surface area contributed by atoms with Crippen LogP contribution in [0.3, 0.4) is 0 Å². The SMILES string of the molecule is OC(CCc1cccnc1)COc1ccc(C=Cc2ccccc2)cc1. The monoisotopic (exact) mass is 345 g/mol. The van der Waals surface area contributed by atoms with E-state index in [1.807, 2.05) is 60.8 Å². The van der Waals surface area contributed by atoms with Crippen LogP contribution < -0.4 is 4.74 Å². The molecular weight excluding hydrogens is 322 g/mol. The molecule has 3 heteroatoms. The van der Waals surface area contributed by atoms with Gasteiger partial charge in [-0.3, -0.25) is 4.98 Å². The maximum atomic E-state index is 10.1. The smallest absolute Gasteiger partial charge is 0.119 e. The highest BCUT2D eigenvalue weighted by Gasteiger charge is 2.06. The van der Waals surface area contributed by atoms with Gasteiger partial charge in [0.15, 0.2) is 0 Å². The fourth-order valence-corrected chi connectivity index (χ4v) is 2.59. The number of aliphatic hydroxyl groups is 1. The molecule has 1 N–H and O–H groups in total. The zero-order valence-corrected chi connectivity index (χ0v) is 14.7. The van der Waals surface area contributed by atoms with Crippen LogP contribution in [0.1, 0.15) is 23.1 Å². The van der Waals surface area contributed by atoms with E-state index in [0.29, 0.717) is 13.0 Å². The lowest BCUT2D eigenvalue weighted by Gasteiger charge is -2.12. The van der Waals surface area contributed by atoms with E-state index in [-0.39, 0.29) is 0 Å². The summed E-state index contributed by atoms with van der Waals surface area (Å²) in [6.07, 6.45) is 8.69. The van der Waals surface area contributed by atoms with Gasteiger partial charge in [0, 0.05) is 12.4 Å². The molecule has 0 bridgehead atoms. The zero-order chi connectivity index (χ0) is 18.0. The van der Waals surface area contributed by atoms with Crippen LogP contribution in [-0.4, -0.2) is 22.8 Å². The maximum absolute atomic E-state index is 10.1. The quantitative estimate of drug-likeness (QED) is 0.606. The summed E-state index contributed by atoms with van der Waals surface area (Å²) in [5, 5.41) is 10.1. The van der Waals surface area contributed by atoms with Crippen molar-refractivity contribution in [3.05, 3.63) is 95.8 Å². The summed E-state index contributed by atoms with van der Waals surface area (Å²) in [7, 11) is 0. The van der Waals surface area contributed by atoms with E-state index >= 15 is 0 Å². The number of rotatable bonds is 8. The summed E-state index contributed by atoms with van der Waals surface area (Å²) in [6.45, 7) is 0.291. The van der Waals surface area contributed by atoms with Crippen LogP contribution in [0.25, 0.3) is 12.2 Å². The number of aromatic nitrogens is 1. The van der Waals surface area contributed by atoms with Gasteiger partial charge >= 0.3 is 0 Å². The normalized spacial score (nSPS) is 12.2. The number of aliphatic hydroxyl groups excluding tert-OH is 1. The van der Waals surface area contributed by atoms with Gasteiger partial charge in [0.05, 0.1) is 6.10 Å². The van der Waals surface area contributed by atoms with Crippen LogP contribution in [0.15, 0.2) is 79.1 Å². The molecule has 3 aromatic rings. The molecule has 3 rings (SSSR count). The van der Waals surface area contributed by atoms with Gasteiger partial charge in [0.2, 0.25) is 0 Å². The highest BCUT2D eigenvalue weighted by atomic mass is 16.5. The Morgan fingerprint density at radius 3 is 2.31 bits per heavy atom. The van der Waals surface area contributed by atoms with E-state index in [9.17, 15) is 5.11 Å². The molecule has 1 aromatic heterocycles. The lowest BCUT2D eigenvalue weighted by atomic mass is 10.1. The molecule has 1 atom stereocenters. The Morgan fingerprint density at radius 2 is 1.62 bits per heavy atom. The summed E-state index contributed by atoms with van der Waals surface area (Å²) in [6, 6.07) is 22.0. The summed E-state index contributed by atoms with van der Waals surface area (Å²) in [5.74, 6) is 0.766. The first-order valence-electron chi connectivity index (χ1n) is 8.82. The number of benzene rings is 2. The van der Waals surface area contributed by atoms with E-state index in [2.05, 4.69) is 29.3 Å². The van der Waals surface area contributed by atoms with Crippen LogP contribution >= 0.6 is 0 Å². The van der Waals surface area contributed by atoms with Gasteiger partial charge in [-0.05, 0) is 47.7 Å². The average Bonchev–Trinajstić information content (AvgIpc) is 2.71. The number of pyridine rings is 1. The molecule has 26 heavy (non-hydrogen) atoms. The highest BCUT2D eigenvalue weighted by molar-refractivity contribution is 5.69. The third-order valence-electron chi connectivity index (χ3n) is 4.08. The number of nitrogens with zero attached hydrogens (tertiary/aromatic N) is 1. The van der Waals surface area contributed by atoms with E-state index in [0.717, 1.165) is 23.3 Å². The van der Waals surface area contributed by atoms with E-state index < -0.39 is 6.10 Å². The fraction of sp³-hybridized carbons (Fsp3) is 0.174. The van der Waals surface area contributed by atoms with E-state index in [1.165, 1.54) is 5.56 Å². The molecular formula is C23H23NO2. The second-order valence-electron chi connectivity index (χ2n) is 6.18. The summed E-state index contributed by atoms with van der Waals surface area (Å²) in [5.41, 5.74) is 3.41. The van der Waals surface area contributed by atoms with Crippen LogP contribution in [0.5, 0.6) is 5.75 Å². The maximum Gasteiger partial charge on any atom is 0.119 e. The molecule has 0 aliphatic heterocycles. The average molecular weight is 345 g/mol. The molecule has 3 nitrogen and oxygen atoms in total. The minimum absolute atomic E-state index is 0.291. The number of hydrogen-bond acceptors (Lipinski definition) is 3. The second-order valence-corrected chi connectivity index (χ2v) is 6.18. The van der Waals surface area contributed by atoms with Crippen molar-refractivity contribution in [1.29, 1.82) is 0 Å². The molecule has 0 fully saturated rings. The Hall–Kier alpha value is -2.91. The van der Waals surface area contributed by atoms with E-state index in [1.54, 1.807) is 6.20 Å². The molecule has 0 amide bonds.